The molecule has 1 amide bonds. The number of carbonyl (C=O) groups is 2. The Balaban J connectivity index is 1.63. The van der Waals surface area contributed by atoms with E-state index in [0.717, 1.165) is 41.3 Å². The highest BCUT2D eigenvalue weighted by molar-refractivity contribution is 7.17. The summed E-state index contributed by atoms with van der Waals surface area (Å²) in [6.07, 6.45) is 4.25. The highest BCUT2D eigenvalue weighted by Crippen LogP contribution is 2.25. The van der Waals surface area contributed by atoms with Crippen molar-refractivity contribution in [2.75, 3.05) is 13.2 Å². The van der Waals surface area contributed by atoms with Crippen LogP contribution in [-0.2, 0) is 9.53 Å². The van der Waals surface area contributed by atoms with E-state index in [2.05, 4.69) is 5.32 Å². The van der Waals surface area contributed by atoms with E-state index in [1.54, 1.807) is 11.3 Å². The molecule has 1 aromatic heterocycles. The lowest BCUT2D eigenvalue weighted by atomic mass is 10.1. The molecular formula is C18H23NO3S. The lowest BCUT2D eigenvalue weighted by molar-refractivity contribution is -0.143. The summed E-state index contributed by atoms with van der Waals surface area (Å²) in [6, 6.07) is 7.95. The third kappa shape index (κ3) is 5.36. The molecule has 5 heteroatoms. The summed E-state index contributed by atoms with van der Waals surface area (Å²) in [4.78, 5) is 23.4. The van der Waals surface area contributed by atoms with Gasteiger partial charge >= 0.3 is 5.97 Å². The van der Waals surface area contributed by atoms with Gasteiger partial charge in [-0.05, 0) is 25.8 Å². The molecular weight excluding hydrogens is 310 g/mol. The Labute approximate surface area is 140 Å². The summed E-state index contributed by atoms with van der Waals surface area (Å²) in [5.74, 6) is -0.126. The number of nitrogens with one attached hydrogen (secondary N) is 1. The molecule has 4 nitrogen and oxygen atoms in total. The maximum atomic E-state index is 12.2. The van der Waals surface area contributed by atoms with Gasteiger partial charge in [-0.3, -0.25) is 9.59 Å². The molecule has 1 aromatic carbocycles. The molecule has 0 saturated carbocycles. The van der Waals surface area contributed by atoms with Gasteiger partial charge in [0.1, 0.15) is 0 Å². The summed E-state index contributed by atoms with van der Waals surface area (Å²) in [6.45, 7) is 2.93. The van der Waals surface area contributed by atoms with Gasteiger partial charge in [-0.25, -0.2) is 0 Å². The van der Waals surface area contributed by atoms with Gasteiger partial charge in [0.15, 0.2) is 0 Å². The fourth-order valence-corrected chi connectivity index (χ4v) is 3.37. The van der Waals surface area contributed by atoms with Crippen LogP contribution < -0.4 is 5.32 Å². The number of amides is 1. The molecule has 0 radical (unpaired) electrons. The number of ether oxygens (including phenoxy) is 1. The molecule has 0 aliphatic heterocycles. The predicted molar refractivity (Wildman–Crippen MR) is 93.9 cm³/mol. The number of carbonyl (C=O) groups excluding carboxylic acids is 2. The van der Waals surface area contributed by atoms with E-state index in [0.29, 0.717) is 19.6 Å². The molecule has 124 valence electrons. The lowest BCUT2D eigenvalue weighted by Gasteiger charge is -2.05. The van der Waals surface area contributed by atoms with Crippen molar-refractivity contribution in [3.63, 3.8) is 0 Å². The molecule has 0 spiro atoms. The van der Waals surface area contributed by atoms with Crippen molar-refractivity contribution in [1.82, 2.24) is 5.32 Å². The quantitative estimate of drug-likeness (QED) is 0.554. The minimum atomic E-state index is -0.120. The number of fused-ring (bicyclic) bond motifs is 1. The second kappa shape index (κ2) is 9.30. The third-order valence-electron chi connectivity index (χ3n) is 3.62. The molecule has 2 rings (SSSR count). The second-order valence-corrected chi connectivity index (χ2v) is 6.28. The van der Waals surface area contributed by atoms with Crippen LogP contribution in [0.1, 0.15) is 49.4 Å². The van der Waals surface area contributed by atoms with E-state index in [1.165, 1.54) is 0 Å². The Kier molecular flexibility index (Phi) is 7.07. The SMILES string of the molecule is CCOC(=O)CCCCCCNC(=O)c1csc2ccccc12. The van der Waals surface area contributed by atoms with Crippen LogP contribution in [0.25, 0.3) is 10.1 Å². The fourth-order valence-electron chi connectivity index (χ4n) is 2.43. The lowest BCUT2D eigenvalue weighted by Crippen LogP contribution is -2.24. The molecule has 0 unspecified atom stereocenters. The maximum Gasteiger partial charge on any atom is 0.305 e. The standard InChI is InChI=1S/C18H23NO3S/c1-2-22-17(20)11-5-3-4-8-12-19-18(21)15-13-23-16-10-7-6-9-14(15)16/h6-7,9-10,13H,2-5,8,11-12H2,1H3,(H,19,21). The smallest absolute Gasteiger partial charge is 0.305 e. The number of rotatable bonds is 9. The van der Waals surface area contributed by atoms with Crippen LogP contribution in [0.15, 0.2) is 29.6 Å². The van der Waals surface area contributed by atoms with Crippen molar-refractivity contribution in [3.8, 4) is 0 Å². The first kappa shape index (κ1) is 17.5. The number of hydrogen-bond acceptors (Lipinski definition) is 4. The van der Waals surface area contributed by atoms with Crippen LogP contribution in [0.2, 0.25) is 0 Å². The largest absolute Gasteiger partial charge is 0.466 e. The maximum absolute atomic E-state index is 12.2. The minimum Gasteiger partial charge on any atom is -0.466 e. The monoisotopic (exact) mass is 333 g/mol. The number of thiophene rings is 1. The molecule has 0 bridgehead atoms. The normalized spacial score (nSPS) is 10.7. The van der Waals surface area contributed by atoms with Crippen molar-refractivity contribution < 1.29 is 14.3 Å². The van der Waals surface area contributed by atoms with Gasteiger partial charge < -0.3 is 10.1 Å². The van der Waals surface area contributed by atoms with Gasteiger partial charge in [0.25, 0.3) is 5.91 Å². The Morgan fingerprint density at radius 2 is 1.91 bits per heavy atom. The van der Waals surface area contributed by atoms with Crippen LogP contribution in [0.4, 0.5) is 0 Å². The first-order valence-electron chi connectivity index (χ1n) is 8.12. The highest BCUT2D eigenvalue weighted by Gasteiger charge is 2.10. The summed E-state index contributed by atoms with van der Waals surface area (Å²) in [5.41, 5.74) is 0.757. The van der Waals surface area contributed by atoms with Crippen LogP contribution >= 0.6 is 11.3 Å². The third-order valence-corrected chi connectivity index (χ3v) is 4.59. The Hall–Kier alpha value is -1.88. The summed E-state index contributed by atoms with van der Waals surface area (Å²) in [5, 5.41) is 5.91. The van der Waals surface area contributed by atoms with Gasteiger partial charge in [0.05, 0.1) is 12.2 Å². The molecule has 1 N–H and O–H groups in total. The van der Waals surface area contributed by atoms with Crippen LogP contribution in [-0.4, -0.2) is 25.0 Å². The van der Waals surface area contributed by atoms with E-state index in [9.17, 15) is 9.59 Å². The Morgan fingerprint density at radius 3 is 2.74 bits per heavy atom. The molecule has 0 aliphatic carbocycles. The number of benzene rings is 1. The van der Waals surface area contributed by atoms with E-state index in [4.69, 9.17) is 4.74 Å². The zero-order valence-corrected chi connectivity index (χ0v) is 14.3. The summed E-state index contributed by atoms with van der Waals surface area (Å²) in [7, 11) is 0. The first-order valence-corrected chi connectivity index (χ1v) is 9.00. The Bertz CT molecular complexity index is 651. The van der Waals surface area contributed by atoms with Crippen molar-refractivity contribution >= 4 is 33.3 Å². The van der Waals surface area contributed by atoms with Crippen LogP contribution in [0, 0.1) is 0 Å². The van der Waals surface area contributed by atoms with Crippen molar-refractivity contribution in [2.45, 2.75) is 39.0 Å². The van der Waals surface area contributed by atoms with Crippen molar-refractivity contribution in [2.24, 2.45) is 0 Å². The van der Waals surface area contributed by atoms with Gasteiger partial charge in [-0.2, -0.15) is 0 Å². The van der Waals surface area contributed by atoms with Crippen molar-refractivity contribution in [3.05, 3.63) is 35.2 Å². The van der Waals surface area contributed by atoms with Gasteiger partial charge in [-0.15, -0.1) is 11.3 Å². The number of esters is 1. The zero-order valence-electron chi connectivity index (χ0n) is 13.5. The number of unbranched alkanes of at least 4 members (excludes halogenated alkanes) is 3. The first-order chi connectivity index (χ1) is 11.2. The highest BCUT2D eigenvalue weighted by atomic mass is 32.1. The summed E-state index contributed by atoms with van der Waals surface area (Å²) >= 11 is 1.59. The molecule has 0 atom stereocenters. The second-order valence-electron chi connectivity index (χ2n) is 5.37. The topological polar surface area (TPSA) is 55.4 Å². The predicted octanol–water partition coefficient (Wildman–Crippen LogP) is 4.14. The van der Waals surface area contributed by atoms with Gasteiger partial charge in [0.2, 0.25) is 0 Å². The van der Waals surface area contributed by atoms with Crippen molar-refractivity contribution in [1.29, 1.82) is 0 Å². The van der Waals surface area contributed by atoms with E-state index in [1.807, 2.05) is 36.6 Å². The van der Waals surface area contributed by atoms with Gasteiger partial charge in [-0.1, -0.05) is 31.0 Å². The molecule has 1 heterocycles. The molecule has 0 fully saturated rings. The van der Waals surface area contributed by atoms with E-state index >= 15 is 0 Å². The average molecular weight is 333 g/mol. The summed E-state index contributed by atoms with van der Waals surface area (Å²) < 4.78 is 6.02. The molecule has 0 aliphatic rings. The minimum absolute atomic E-state index is 0.00558. The molecule has 23 heavy (non-hydrogen) atoms. The molecule has 2 aromatic rings. The number of hydrogen-bond donors (Lipinski definition) is 1. The van der Waals surface area contributed by atoms with E-state index in [-0.39, 0.29) is 11.9 Å². The van der Waals surface area contributed by atoms with Crippen LogP contribution in [0.3, 0.4) is 0 Å². The average Bonchev–Trinajstić information content (AvgIpc) is 2.98. The molecule has 0 saturated heterocycles. The fraction of sp³-hybridized carbons (Fsp3) is 0.444. The van der Waals surface area contributed by atoms with Gasteiger partial charge in [0, 0.05) is 28.4 Å². The van der Waals surface area contributed by atoms with Crippen LogP contribution in [0.5, 0.6) is 0 Å². The Morgan fingerprint density at radius 1 is 1.13 bits per heavy atom. The zero-order chi connectivity index (χ0) is 16.5. The van der Waals surface area contributed by atoms with E-state index < -0.39 is 0 Å².